The monoisotopic (exact) mass is 274 g/mol. The summed E-state index contributed by atoms with van der Waals surface area (Å²) in [5.74, 6) is 0.0929. The van der Waals surface area contributed by atoms with Crippen molar-refractivity contribution >= 4 is 5.91 Å². The average molecular weight is 274 g/mol. The van der Waals surface area contributed by atoms with Crippen LogP contribution in [0.4, 0.5) is 0 Å². The fourth-order valence-electron chi connectivity index (χ4n) is 2.17. The molecular weight excluding hydrogens is 248 g/mol. The quantitative estimate of drug-likeness (QED) is 0.668. The fraction of sp³-hybridized carbons (Fsp3) is 0.923. The van der Waals surface area contributed by atoms with Crippen molar-refractivity contribution in [1.29, 1.82) is 0 Å². The van der Waals surface area contributed by atoms with Gasteiger partial charge in [0.2, 0.25) is 5.91 Å². The van der Waals surface area contributed by atoms with E-state index in [0.29, 0.717) is 32.8 Å². The minimum Gasteiger partial charge on any atom is -0.383 e. The Balaban J connectivity index is 2.48. The molecule has 0 aromatic rings. The predicted molar refractivity (Wildman–Crippen MR) is 72.2 cm³/mol. The molecular formula is C13H26N2O4. The van der Waals surface area contributed by atoms with E-state index in [1.165, 1.54) is 0 Å². The summed E-state index contributed by atoms with van der Waals surface area (Å²) in [7, 11) is 3.28. The van der Waals surface area contributed by atoms with E-state index in [9.17, 15) is 4.79 Å². The van der Waals surface area contributed by atoms with Gasteiger partial charge in [-0.05, 0) is 6.92 Å². The topological polar surface area (TPSA) is 60.0 Å². The number of nitrogens with zero attached hydrogens (tertiary/aromatic N) is 1. The number of hydrogen-bond donors (Lipinski definition) is 1. The molecule has 0 aliphatic carbocycles. The normalized spacial score (nSPS) is 21.1. The van der Waals surface area contributed by atoms with E-state index in [1.54, 1.807) is 14.2 Å². The molecule has 0 aromatic heterocycles. The molecule has 1 aliphatic rings. The van der Waals surface area contributed by atoms with Crippen molar-refractivity contribution in [3.63, 3.8) is 0 Å². The van der Waals surface area contributed by atoms with Crippen LogP contribution in [-0.4, -0.2) is 76.6 Å². The number of ether oxygens (including phenoxy) is 3. The highest BCUT2D eigenvalue weighted by atomic mass is 16.5. The maximum Gasteiger partial charge on any atom is 0.225 e. The lowest BCUT2D eigenvalue weighted by Crippen LogP contribution is -2.47. The van der Waals surface area contributed by atoms with E-state index in [4.69, 9.17) is 14.2 Å². The Morgan fingerprint density at radius 3 is 2.84 bits per heavy atom. The first-order chi connectivity index (χ1) is 9.19. The average Bonchev–Trinajstić information content (AvgIpc) is 2.40. The lowest BCUT2D eigenvalue weighted by molar-refractivity contribution is -0.138. The van der Waals surface area contributed by atoms with Crippen LogP contribution in [0.3, 0.4) is 0 Å². The number of rotatable bonds is 8. The van der Waals surface area contributed by atoms with E-state index in [2.05, 4.69) is 5.32 Å². The van der Waals surface area contributed by atoms with Gasteiger partial charge in [0.1, 0.15) is 0 Å². The van der Waals surface area contributed by atoms with Crippen LogP contribution in [0.2, 0.25) is 0 Å². The summed E-state index contributed by atoms with van der Waals surface area (Å²) in [4.78, 5) is 14.2. The zero-order valence-electron chi connectivity index (χ0n) is 12.2. The van der Waals surface area contributed by atoms with E-state index >= 15 is 0 Å². The van der Waals surface area contributed by atoms with E-state index in [0.717, 1.165) is 13.1 Å². The zero-order chi connectivity index (χ0) is 14.1. The second-order valence-corrected chi connectivity index (χ2v) is 4.79. The van der Waals surface area contributed by atoms with Crippen LogP contribution < -0.4 is 5.32 Å². The molecule has 0 bridgehead atoms. The summed E-state index contributed by atoms with van der Waals surface area (Å²) in [6.45, 7) is 5.89. The standard InChI is InChI=1S/C13H26N2O4/c1-11(10-18-3)15(5-7-17-2)13(16)8-12-9-14-4-6-19-12/h11-12,14H,4-10H2,1-3H3. The Morgan fingerprint density at radius 1 is 1.47 bits per heavy atom. The summed E-state index contributed by atoms with van der Waals surface area (Å²) in [5, 5.41) is 3.23. The van der Waals surface area contributed by atoms with Gasteiger partial charge in [0.05, 0.1) is 38.4 Å². The maximum absolute atomic E-state index is 12.3. The molecule has 2 atom stereocenters. The van der Waals surface area contributed by atoms with Crippen LogP contribution in [0.25, 0.3) is 0 Å². The molecule has 1 amide bonds. The molecule has 0 aromatic carbocycles. The number of methoxy groups -OCH3 is 2. The number of carbonyl (C=O) groups excluding carboxylic acids is 1. The maximum atomic E-state index is 12.3. The summed E-state index contributed by atoms with van der Waals surface area (Å²) in [5.41, 5.74) is 0. The number of hydrogen-bond acceptors (Lipinski definition) is 5. The molecule has 2 unspecified atom stereocenters. The third kappa shape index (κ3) is 5.86. The van der Waals surface area contributed by atoms with Gasteiger partial charge < -0.3 is 24.4 Å². The van der Waals surface area contributed by atoms with Gasteiger partial charge in [-0.3, -0.25) is 4.79 Å². The van der Waals surface area contributed by atoms with Crippen LogP contribution in [-0.2, 0) is 19.0 Å². The van der Waals surface area contributed by atoms with Crippen molar-refractivity contribution in [2.24, 2.45) is 0 Å². The summed E-state index contributed by atoms with van der Waals surface area (Å²) >= 11 is 0. The fourth-order valence-corrected chi connectivity index (χ4v) is 2.17. The molecule has 1 N–H and O–H groups in total. The Kier molecular flexibility index (Phi) is 7.97. The van der Waals surface area contributed by atoms with Gasteiger partial charge in [0, 0.05) is 33.9 Å². The van der Waals surface area contributed by atoms with Gasteiger partial charge in [0.25, 0.3) is 0 Å². The smallest absolute Gasteiger partial charge is 0.225 e. The molecule has 1 heterocycles. The highest BCUT2D eigenvalue weighted by Gasteiger charge is 2.24. The van der Waals surface area contributed by atoms with Crippen molar-refractivity contribution in [2.75, 3.05) is 53.7 Å². The summed E-state index contributed by atoms with van der Waals surface area (Å²) in [6.07, 6.45) is 0.381. The lowest BCUT2D eigenvalue weighted by Gasteiger charge is -2.31. The van der Waals surface area contributed by atoms with Gasteiger partial charge >= 0.3 is 0 Å². The van der Waals surface area contributed by atoms with E-state index < -0.39 is 0 Å². The summed E-state index contributed by atoms with van der Waals surface area (Å²) in [6, 6.07) is 0.0456. The van der Waals surface area contributed by atoms with Crippen molar-refractivity contribution in [2.45, 2.75) is 25.5 Å². The molecule has 6 nitrogen and oxygen atoms in total. The van der Waals surface area contributed by atoms with Crippen LogP contribution in [0.15, 0.2) is 0 Å². The predicted octanol–water partition coefficient (Wildman–Crippen LogP) is -0.125. The summed E-state index contributed by atoms with van der Waals surface area (Å²) < 4.78 is 15.8. The van der Waals surface area contributed by atoms with Gasteiger partial charge in [0.15, 0.2) is 0 Å². The number of morpholine rings is 1. The molecule has 1 saturated heterocycles. The number of nitrogens with one attached hydrogen (secondary N) is 1. The van der Waals surface area contributed by atoms with Crippen molar-refractivity contribution in [1.82, 2.24) is 10.2 Å². The molecule has 19 heavy (non-hydrogen) atoms. The van der Waals surface area contributed by atoms with Gasteiger partial charge in [-0.2, -0.15) is 0 Å². The first-order valence-corrected chi connectivity index (χ1v) is 6.78. The van der Waals surface area contributed by atoms with Crippen LogP contribution in [0, 0.1) is 0 Å². The molecule has 112 valence electrons. The molecule has 0 spiro atoms. The Bertz CT molecular complexity index is 257. The van der Waals surface area contributed by atoms with Gasteiger partial charge in [-0.1, -0.05) is 0 Å². The lowest BCUT2D eigenvalue weighted by atomic mass is 10.1. The van der Waals surface area contributed by atoms with E-state index in [1.807, 2.05) is 11.8 Å². The van der Waals surface area contributed by atoms with Crippen molar-refractivity contribution < 1.29 is 19.0 Å². The molecule has 0 saturated carbocycles. The van der Waals surface area contributed by atoms with Crippen molar-refractivity contribution in [3.8, 4) is 0 Å². The number of amides is 1. The second kappa shape index (κ2) is 9.25. The minimum atomic E-state index is -0.0268. The molecule has 1 fully saturated rings. The van der Waals surface area contributed by atoms with Gasteiger partial charge in [-0.25, -0.2) is 0 Å². The second-order valence-electron chi connectivity index (χ2n) is 4.79. The van der Waals surface area contributed by atoms with E-state index in [-0.39, 0.29) is 18.1 Å². The van der Waals surface area contributed by atoms with Crippen LogP contribution in [0.1, 0.15) is 13.3 Å². The SMILES string of the molecule is COCCN(C(=O)CC1CNCCO1)C(C)COC. The molecule has 1 aliphatic heterocycles. The van der Waals surface area contributed by atoms with Gasteiger partial charge in [-0.15, -0.1) is 0 Å². The zero-order valence-corrected chi connectivity index (χ0v) is 12.2. The first-order valence-electron chi connectivity index (χ1n) is 6.78. The van der Waals surface area contributed by atoms with Crippen molar-refractivity contribution in [3.05, 3.63) is 0 Å². The van der Waals surface area contributed by atoms with Crippen LogP contribution >= 0.6 is 0 Å². The first kappa shape index (κ1) is 16.4. The Hall–Kier alpha value is -0.690. The van der Waals surface area contributed by atoms with Crippen LogP contribution in [0.5, 0.6) is 0 Å². The Labute approximate surface area is 115 Å². The minimum absolute atomic E-state index is 0.0268. The highest BCUT2D eigenvalue weighted by molar-refractivity contribution is 5.77. The highest BCUT2D eigenvalue weighted by Crippen LogP contribution is 2.08. The number of carbonyl (C=O) groups is 1. The largest absolute Gasteiger partial charge is 0.383 e. The third-order valence-electron chi connectivity index (χ3n) is 3.20. The Morgan fingerprint density at radius 2 is 2.26 bits per heavy atom. The molecule has 6 heteroatoms. The third-order valence-corrected chi connectivity index (χ3v) is 3.20. The molecule has 1 rings (SSSR count). The molecule has 0 radical (unpaired) electrons.